The highest BCUT2D eigenvalue weighted by atomic mass is 32.2. The molecule has 2 heteroatoms. The van der Waals surface area contributed by atoms with Crippen molar-refractivity contribution in [2.45, 2.75) is 36.2 Å². The van der Waals surface area contributed by atoms with Crippen LogP contribution < -0.4 is 5.32 Å². The van der Waals surface area contributed by atoms with Crippen LogP contribution in [0.4, 0.5) is 0 Å². The fourth-order valence-electron chi connectivity index (χ4n) is 2.35. The zero-order valence-electron chi connectivity index (χ0n) is 9.99. The lowest BCUT2D eigenvalue weighted by Gasteiger charge is -2.20. The summed E-state index contributed by atoms with van der Waals surface area (Å²) in [6.07, 6.45) is 5.69. The van der Waals surface area contributed by atoms with Crippen molar-refractivity contribution >= 4 is 11.8 Å². The van der Waals surface area contributed by atoms with Gasteiger partial charge in [0.05, 0.1) is 0 Å². The van der Waals surface area contributed by atoms with Crippen LogP contribution >= 0.6 is 11.8 Å². The maximum Gasteiger partial charge on any atom is 0.0424 e. The molecule has 0 aliphatic heterocycles. The first-order valence-corrected chi connectivity index (χ1v) is 7.19. The van der Waals surface area contributed by atoms with Gasteiger partial charge >= 0.3 is 0 Å². The molecule has 1 saturated carbocycles. The molecule has 0 saturated heterocycles. The van der Waals surface area contributed by atoms with Gasteiger partial charge in [0, 0.05) is 17.0 Å². The normalized spacial score (nSPS) is 18.8. The van der Waals surface area contributed by atoms with E-state index >= 15 is 0 Å². The molecule has 1 unspecified atom stereocenters. The molecule has 88 valence electrons. The summed E-state index contributed by atoms with van der Waals surface area (Å²) in [5.41, 5.74) is 1.47. The number of nitrogens with one attached hydrogen (secondary N) is 1. The lowest BCUT2D eigenvalue weighted by molar-refractivity contribution is 0.769. The molecule has 1 N–H and O–H groups in total. The van der Waals surface area contributed by atoms with Gasteiger partial charge in [0.1, 0.15) is 0 Å². The van der Waals surface area contributed by atoms with Crippen LogP contribution in [-0.4, -0.2) is 18.8 Å². The van der Waals surface area contributed by atoms with E-state index in [4.69, 9.17) is 0 Å². The zero-order valence-corrected chi connectivity index (χ0v) is 10.8. The van der Waals surface area contributed by atoms with E-state index in [-0.39, 0.29) is 0 Å². The van der Waals surface area contributed by atoms with Crippen LogP contribution in [0.2, 0.25) is 0 Å². The highest BCUT2D eigenvalue weighted by molar-refractivity contribution is 8.00. The first kappa shape index (κ1) is 12.0. The van der Waals surface area contributed by atoms with E-state index in [1.54, 1.807) is 0 Å². The Kier molecular flexibility index (Phi) is 4.73. The van der Waals surface area contributed by atoms with E-state index in [1.807, 2.05) is 7.05 Å². The number of thioether (sulfide) groups is 1. The summed E-state index contributed by atoms with van der Waals surface area (Å²) in [5, 5.41) is 4.83. The minimum Gasteiger partial charge on any atom is -0.318 e. The Hall–Kier alpha value is -0.470. The highest BCUT2D eigenvalue weighted by Gasteiger charge is 2.21. The van der Waals surface area contributed by atoms with E-state index in [1.165, 1.54) is 31.2 Å². The smallest absolute Gasteiger partial charge is 0.0424 e. The Balaban J connectivity index is 1.99. The number of hydrogen-bond acceptors (Lipinski definition) is 2. The van der Waals surface area contributed by atoms with Crippen molar-refractivity contribution in [3.8, 4) is 0 Å². The molecule has 1 aliphatic carbocycles. The molecule has 1 aliphatic rings. The SMILES string of the molecule is CNCC(SC1CCCC1)c1ccccc1. The fourth-order valence-corrected chi connectivity index (χ4v) is 4.00. The summed E-state index contributed by atoms with van der Waals surface area (Å²) in [5.74, 6) is 0. The van der Waals surface area contributed by atoms with Gasteiger partial charge in [0.25, 0.3) is 0 Å². The van der Waals surface area contributed by atoms with Gasteiger partial charge in [0.2, 0.25) is 0 Å². The van der Waals surface area contributed by atoms with Gasteiger partial charge in [-0.3, -0.25) is 0 Å². The third-order valence-electron chi connectivity index (χ3n) is 3.22. The average molecular weight is 235 g/mol. The Morgan fingerprint density at radius 1 is 1.25 bits per heavy atom. The van der Waals surface area contributed by atoms with Gasteiger partial charge in [0.15, 0.2) is 0 Å². The number of likely N-dealkylation sites (N-methyl/N-ethyl adjacent to an activating group) is 1. The van der Waals surface area contributed by atoms with Gasteiger partial charge < -0.3 is 5.32 Å². The van der Waals surface area contributed by atoms with Gasteiger partial charge in [-0.25, -0.2) is 0 Å². The van der Waals surface area contributed by atoms with Crippen molar-refractivity contribution in [1.82, 2.24) is 5.32 Å². The summed E-state index contributed by atoms with van der Waals surface area (Å²) >= 11 is 2.17. The predicted octanol–water partition coefficient (Wildman–Crippen LogP) is 3.62. The summed E-state index contributed by atoms with van der Waals surface area (Å²) in [7, 11) is 2.05. The standard InChI is InChI=1S/C14H21NS/c1-15-11-14(12-7-3-2-4-8-12)16-13-9-5-6-10-13/h2-4,7-8,13-15H,5-6,9-11H2,1H3. The quantitative estimate of drug-likeness (QED) is 0.836. The average Bonchev–Trinajstić information content (AvgIpc) is 2.83. The van der Waals surface area contributed by atoms with E-state index in [2.05, 4.69) is 47.4 Å². The van der Waals surface area contributed by atoms with Gasteiger partial charge in [-0.1, -0.05) is 43.2 Å². The van der Waals surface area contributed by atoms with Crippen LogP contribution in [0, 0.1) is 0 Å². The lowest BCUT2D eigenvalue weighted by Crippen LogP contribution is -2.16. The molecule has 0 aromatic heterocycles. The second-order valence-corrected chi connectivity index (χ2v) is 6.01. The van der Waals surface area contributed by atoms with E-state index in [0.29, 0.717) is 5.25 Å². The Labute approximate surface area is 103 Å². The fraction of sp³-hybridized carbons (Fsp3) is 0.571. The second kappa shape index (κ2) is 6.31. The number of rotatable bonds is 5. The molecule has 1 aromatic carbocycles. The molecule has 1 nitrogen and oxygen atoms in total. The van der Waals surface area contributed by atoms with Crippen molar-refractivity contribution in [3.63, 3.8) is 0 Å². The van der Waals surface area contributed by atoms with E-state index in [9.17, 15) is 0 Å². The topological polar surface area (TPSA) is 12.0 Å². The van der Waals surface area contributed by atoms with Crippen molar-refractivity contribution in [1.29, 1.82) is 0 Å². The molecule has 2 rings (SSSR count). The summed E-state index contributed by atoms with van der Waals surface area (Å²) in [6.45, 7) is 1.07. The molecule has 1 atom stereocenters. The van der Waals surface area contributed by atoms with Crippen LogP contribution in [-0.2, 0) is 0 Å². The Morgan fingerprint density at radius 2 is 1.94 bits per heavy atom. The van der Waals surface area contributed by atoms with Crippen molar-refractivity contribution in [3.05, 3.63) is 35.9 Å². The van der Waals surface area contributed by atoms with Crippen LogP contribution in [0.1, 0.15) is 36.5 Å². The molecule has 1 fully saturated rings. The molecular weight excluding hydrogens is 214 g/mol. The van der Waals surface area contributed by atoms with Crippen LogP contribution in [0.25, 0.3) is 0 Å². The van der Waals surface area contributed by atoms with Crippen molar-refractivity contribution < 1.29 is 0 Å². The van der Waals surface area contributed by atoms with Crippen LogP contribution in [0.5, 0.6) is 0 Å². The molecule has 0 radical (unpaired) electrons. The van der Waals surface area contributed by atoms with Gasteiger partial charge in [-0.05, 0) is 25.5 Å². The number of benzene rings is 1. The molecule has 1 aromatic rings. The molecule has 0 amide bonds. The van der Waals surface area contributed by atoms with Gasteiger partial charge in [-0.2, -0.15) is 0 Å². The van der Waals surface area contributed by atoms with Crippen LogP contribution in [0.15, 0.2) is 30.3 Å². The van der Waals surface area contributed by atoms with Gasteiger partial charge in [-0.15, -0.1) is 11.8 Å². The first-order valence-electron chi connectivity index (χ1n) is 6.25. The predicted molar refractivity (Wildman–Crippen MR) is 73.0 cm³/mol. The molecule has 0 bridgehead atoms. The Morgan fingerprint density at radius 3 is 2.56 bits per heavy atom. The third-order valence-corrected chi connectivity index (χ3v) is 4.84. The lowest BCUT2D eigenvalue weighted by atomic mass is 10.1. The second-order valence-electron chi connectivity index (χ2n) is 4.50. The molecule has 0 spiro atoms. The van der Waals surface area contributed by atoms with Crippen molar-refractivity contribution in [2.24, 2.45) is 0 Å². The summed E-state index contributed by atoms with van der Waals surface area (Å²) < 4.78 is 0. The van der Waals surface area contributed by atoms with E-state index in [0.717, 1.165) is 11.8 Å². The third kappa shape index (κ3) is 3.26. The largest absolute Gasteiger partial charge is 0.318 e. The maximum absolute atomic E-state index is 3.32. The number of hydrogen-bond donors (Lipinski definition) is 1. The minimum absolute atomic E-state index is 0.620. The zero-order chi connectivity index (χ0) is 11.2. The summed E-state index contributed by atoms with van der Waals surface area (Å²) in [4.78, 5) is 0. The first-order chi connectivity index (χ1) is 7.90. The molecule has 16 heavy (non-hydrogen) atoms. The monoisotopic (exact) mass is 235 g/mol. The van der Waals surface area contributed by atoms with Crippen molar-refractivity contribution in [2.75, 3.05) is 13.6 Å². The highest BCUT2D eigenvalue weighted by Crippen LogP contribution is 2.38. The maximum atomic E-state index is 3.32. The van der Waals surface area contributed by atoms with Crippen LogP contribution in [0.3, 0.4) is 0 Å². The van der Waals surface area contributed by atoms with E-state index < -0.39 is 0 Å². The summed E-state index contributed by atoms with van der Waals surface area (Å²) in [6, 6.07) is 10.9. The molecular formula is C14H21NS. The Bertz CT molecular complexity index is 293. The molecule has 0 heterocycles. The minimum atomic E-state index is 0.620.